The van der Waals surface area contributed by atoms with E-state index in [4.69, 9.17) is 0 Å². The standard InChI is InChI=1S/C14H11N3O5/c18-10-15(9-11-4-2-1-3-5-11)13-7-6-12(16(19)20)8-14(13)17(21)22/h1-8,10H,9H2. The summed E-state index contributed by atoms with van der Waals surface area (Å²) in [5, 5.41) is 21.8. The number of nitro groups is 2. The van der Waals surface area contributed by atoms with E-state index in [-0.39, 0.29) is 12.2 Å². The van der Waals surface area contributed by atoms with Gasteiger partial charge in [-0.25, -0.2) is 0 Å². The summed E-state index contributed by atoms with van der Waals surface area (Å²) >= 11 is 0. The van der Waals surface area contributed by atoms with Crippen molar-refractivity contribution < 1.29 is 14.6 Å². The zero-order chi connectivity index (χ0) is 16.1. The largest absolute Gasteiger partial charge is 0.305 e. The normalized spacial score (nSPS) is 10.0. The molecule has 0 aliphatic carbocycles. The molecule has 0 bridgehead atoms. The highest BCUT2D eigenvalue weighted by atomic mass is 16.6. The minimum absolute atomic E-state index is 0.00875. The van der Waals surface area contributed by atoms with E-state index in [2.05, 4.69) is 0 Å². The Morgan fingerprint density at radius 1 is 1.00 bits per heavy atom. The topological polar surface area (TPSA) is 107 Å². The lowest BCUT2D eigenvalue weighted by atomic mass is 10.2. The van der Waals surface area contributed by atoms with Crippen molar-refractivity contribution in [3.8, 4) is 0 Å². The Morgan fingerprint density at radius 2 is 1.68 bits per heavy atom. The first-order valence-electron chi connectivity index (χ1n) is 6.21. The second-order valence-electron chi connectivity index (χ2n) is 4.41. The molecular weight excluding hydrogens is 290 g/mol. The molecular formula is C14H11N3O5. The van der Waals surface area contributed by atoms with Gasteiger partial charge in [-0.15, -0.1) is 0 Å². The number of carbonyl (C=O) groups is 1. The third-order valence-corrected chi connectivity index (χ3v) is 3.00. The van der Waals surface area contributed by atoms with E-state index in [1.807, 2.05) is 6.07 Å². The minimum atomic E-state index is -0.746. The summed E-state index contributed by atoms with van der Waals surface area (Å²) in [6, 6.07) is 12.1. The van der Waals surface area contributed by atoms with Gasteiger partial charge in [0, 0.05) is 6.07 Å². The van der Waals surface area contributed by atoms with Crippen LogP contribution in [0.1, 0.15) is 5.56 Å². The molecule has 0 spiro atoms. The predicted molar refractivity (Wildman–Crippen MR) is 78.4 cm³/mol. The molecule has 2 rings (SSSR count). The minimum Gasteiger partial charge on any atom is -0.305 e. The summed E-state index contributed by atoms with van der Waals surface area (Å²) in [6.07, 6.45) is 0.459. The lowest BCUT2D eigenvalue weighted by molar-refractivity contribution is -0.393. The Kier molecular flexibility index (Phi) is 4.42. The molecule has 0 fully saturated rings. The van der Waals surface area contributed by atoms with Gasteiger partial charge in [0.1, 0.15) is 5.69 Å². The molecule has 8 heteroatoms. The summed E-state index contributed by atoms with van der Waals surface area (Å²) < 4.78 is 0. The predicted octanol–water partition coefficient (Wildman–Crippen LogP) is 2.67. The van der Waals surface area contributed by atoms with Crippen LogP contribution in [0.5, 0.6) is 0 Å². The zero-order valence-corrected chi connectivity index (χ0v) is 11.3. The van der Waals surface area contributed by atoms with Crippen LogP contribution in [0, 0.1) is 20.2 Å². The molecule has 2 aromatic carbocycles. The van der Waals surface area contributed by atoms with Gasteiger partial charge in [-0.1, -0.05) is 30.3 Å². The average molecular weight is 301 g/mol. The van der Waals surface area contributed by atoms with Crippen LogP contribution in [0.3, 0.4) is 0 Å². The number of benzene rings is 2. The van der Waals surface area contributed by atoms with Crippen molar-refractivity contribution in [2.75, 3.05) is 4.90 Å². The maximum atomic E-state index is 11.3. The van der Waals surface area contributed by atoms with Crippen molar-refractivity contribution in [1.29, 1.82) is 0 Å². The van der Waals surface area contributed by atoms with Crippen molar-refractivity contribution >= 4 is 23.5 Å². The number of anilines is 1. The monoisotopic (exact) mass is 301 g/mol. The van der Waals surface area contributed by atoms with Crippen molar-refractivity contribution in [2.45, 2.75) is 6.54 Å². The Morgan fingerprint density at radius 3 is 2.23 bits per heavy atom. The summed E-state index contributed by atoms with van der Waals surface area (Å²) in [7, 11) is 0. The van der Waals surface area contributed by atoms with E-state index in [1.165, 1.54) is 6.07 Å². The molecule has 22 heavy (non-hydrogen) atoms. The number of nitrogens with zero attached hydrogens (tertiary/aromatic N) is 3. The molecule has 112 valence electrons. The Bertz CT molecular complexity index is 718. The number of hydrogen-bond acceptors (Lipinski definition) is 5. The molecule has 0 radical (unpaired) electrons. The molecule has 0 aromatic heterocycles. The summed E-state index contributed by atoms with van der Waals surface area (Å²) in [5.41, 5.74) is -0.102. The van der Waals surface area contributed by atoms with Gasteiger partial charge in [-0.2, -0.15) is 0 Å². The molecule has 0 heterocycles. The first kappa shape index (κ1) is 15.1. The van der Waals surface area contributed by atoms with Crippen molar-refractivity contribution in [3.05, 3.63) is 74.3 Å². The van der Waals surface area contributed by atoms with E-state index in [1.54, 1.807) is 24.3 Å². The molecule has 0 saturated heterocycles. The van der Waals surface area contributed by atoms with Crippen LogP contribution in [0.4, 0.5) is 17.1 Å². The molecule has 0 aliphatic rings. The number of amides is 1. The number of hydrogen-bond donors (Lipinski definition) is 0. The van der Waals surface area contributed by atoms with Crippen molar-refractivity contribution in [3.63, 3.8) is 0 Å². The lowest BCUT2D eigenvalue weighted by Crippen LogP contribution is -2.21. The van der Waals surface area contributed by atoms with Crippen LogP contribution in [0.15, 0.2) is 48.5 Å². The van der Waals surface area contributed by atoms with Crippen LogP contribution >= 0.6 is 0 Å². The lowest BCUT2D eigenvalue weighted by Gasteiger charge is -2.17. The van der Waals surface area contributed by atoms with Gasteiger partial charge in [0.2, 0.25) is 6.41 Å². The van der Waals surface area contributed by atoms with Gasteiger partial charge in [0.15, 0.2) is 0 Å². The molecule has 0 N–H and O–H groups in total. The number of non-ortho nitro benzene ring substituents is 1. The molecule has 1 amide bonds. The number of carbonyl (C=O) groups excluding carboxylic acids is 1. The van der Waals surface area contributed by atoms with Crippen LogP contribution in [-0.2, 0) is 11.3 Å². The van der Waals surface area contributed by atoms with E-state index in [9.17, 15) is 25.0 Å². The first-order chi connectivity index (χ1) is 10.5. The molecule has 0 saturated carbocycles. The Labute approximate surface area is 124 Å². The van der Waals surface area contributed by atoms with Gasteiger partial charge >= 0.3 is 0 Å². The Hall–Kier alpha value is -3.29. The number of rotatable bonds is 6. The fourth-order valence-corrected chi connectivity index (χ4v) is 1.97. The average Bonchev–Trinajstić information content (AvgIpc) is 2.53. The fourth-order valence-electron chi connectivity index (χ4n) is 1.97. The summed E-state index contributed by atoms with van der Waals surface area (Å²) in [5.74, 6) is 0. The van der Waals surface area contributed by atoms with Crippen LogP contribution < -0.4 is 4.90 Å². The van der Waals surface area contributed by atoms with E-state index >= 15 is 0 Å². The molecule has 2 aromatic rings. The Balaban J connectivity index is 2.42. The third-order valence-electron chi connectivity index (χ3n) is 3.00. The van der Waals surface area contributed by atoms with Gasteiger partial charge in [0.05, 0.1) is 22.5 Å². The van der Waals surface area contributed by atoms with Crippen LogP contribution in [-0.4, -0.2) is 16.3 Å². The highest BCUT2D eigenvalue weighted by Crippen LogP contribution is 2.32. The van der Waals surface area contributed by atoms with Gasteiger partial charge in [0.25, 0.3) is 11.4 Å². The van der Waals surface area contributed by atoms with Crippen LogP contribution in [0.2, 0.25) is 0 Å². The first-order valence-corrected chi connectivity index (χ1v) is 6.21. The smallest absolute Gasteiger partial charge is 0.299 e. The maximum absolute atomic E-state index is 11.3. The number of nitro benzene ring substituents is 2. The highest BCUT2D eigenvalue weighted by Gasteiger charge is 2.23. The van der Waals surface area contributed by atoms with Gasteiger partial charge < -0.3 is 4.90 Å². The summed E-state index contributed by atoms with van der Waals surface area (Å²) in [4.78, 5) is 32.8. The molecule has 8 nitrogen and oxygen atoms in total. The second-order valence-corrected chi connectivity index (χ2v) is 4.41. The van der Waals surface area contributed by atoms with Crippen molar-refractivity contribution in [2.24, 2.45) is 0 Å². The third kappa shape index (κ3) is 3.23. The SMILES string of the molecule is O=CN(Cc1ccccc1)c1ccc([N+](=O)[O-])cc1[N+](=O)[O-]. The van der Waals surface area contributed by atoms with Crippen LogP contribution in [0.25, 0.3) is 0 Å². The molecule has 0 unspecified atom stereocenters. The highest BCUT2D eigenvalue weighted by molar-refractivity contribution is 5.81. The second kappa shape index (κ2) is 6.44. The maximum Gasteiger partial charge on any atom is 0.299 e. The van der Waals surface area contributed by atoms with Crippen molar-refractivity contribution in [1.82, 2.24) is 0 Å². The zero-order valence-electron chi connectivity index (χ0n) is 11.3. The fraction of sp³-hybridized carbons (Fsp3) is 0.0714. The quantitative estimate of drug-likeness (QED) is 0.463. The van der Waals surface area contributed by atoms with E-state index < -0.39 is 21.2 Å². The molecule has 0 aliphatic heterocycles. The van der Waals surface area contributed by atoms with E-state index in [0.29, 0.717) is 6.41 Å². The van der Waals surface area contributed by atoms with Gasteiger partial charge in [-0.3, -0.25) is 25.0 Å². The summed E-state index contributed by atoms with van der Waals surface area (Å²) in [6.45, 7) is 0.128. The molecule has 0 atom stereocenters. The van der Waals surface area contributed by atoms with E-state index in [0.717, 1.165) is 22.6 Å². The van der Waals surface area contributed by atoms with Gasteiger partial charge in [-0.05, 0) is 11.6 Å².